The third-order valence-electron chi connectivity index (χ3n) is 2.89. The number of hydrogen-bond donors (Lipinski definition) is 2. The summed E-state index contributed by atoms with van der Waals surface area (Å²) in [5.74, 6) is 1.88. The Morgan fingerprint density at radius 3 is 2.47 bits per heavy atom. The monoisotopic (exact) mass is 263 g/mol. The first-order valence-corrected chi connectivity index (χ1v) is 5.75. The number of H-pyrrole nitrogens is 1. The summed E-state index contributed by atoms with van der Waals surface area (Å²) in [7, 11) is 4.84. The summed E-state index contributed by atoms with van der Waals surface area (Å²) in [5.41, 5.74) is 8.33. The Morgan fingerprint density at radius 1 is 1.16 bits per heavy atom. The lowest BCUT2D eigenvalue weighted by atomic mass is 10.0. The molecule has 0 saturated heterocycles. The number of aromatic amines is 1. The highest BCUT2D eigenvalue weighted by molar-refractivity contribution is 5.80. The number of nitrogens with one attached hydrogen (secondary N) is 1. The number of nitrogen functional groups attached to an aromatic ring is 1. The lowest BCUT2D eigenvalue weighted by Gasteiger charge is -2.16. The number of nitrogens with zero attached hydrogens (tertiary/aromatic N) is 1. The van der Waals surface area contributed by atoms with Crippen molar-refractivity contribution in [2.24, 2.45) is 0 Å². The summed E-state index contributed by atoms with van der Waals surface area (Å²) >= 11 is 0. The second kappa shape index (κ2) is 5.62. The van der Waals surface area contributed by atoms with Crippen LogP contribution in [0.1, 0.15) is 5.56 Å². The van der Waals surface area contributed by atoms with Gasteiger partial charge in [-0.25, -0.2) is 0 Å². The van der Waals surface area contributed by atoms with Gasteiger partial charge in [-0.05, 0) is 12.1 Å². The second-order valence-corrected chi connectivity index (χ2v) is 3.96. The normalized spacial score (nSPS) is 10.5. The van der Waals surface area contributed by atoms with Crippen molar-refractivity contribution in [3.8, 4) is 22.6 Å². The van der Waals surface area contributed by atoms with E-state index in [0.29, 0.717) is 23.9 Å². The standard InChI is InChI=1S/C13H17N3O3/c1-17-7-10-11(18-2)5-4-8(12(10)19-3)9-6-15-16-13(9)14/h4-6H,7H2,1-3H3,(H3,14,15,16). The summed E-state index contributed by atoms with van der Waals surface area (Å²) in [5, 5.41) is 6.63. The Balaban J connectivity index is 2.62. The lowest BCUT2D eigenvalue weighted by molar-refractivity contribution is 0.178. The van der Waals surface area contributed by atoms with Gasteiger partial charge in [0, 0.05) is 18.2 Å². The zero-order valence-electron chi connectivity index (χ0n) is 11.2. The molecule has 0 aliphatic rings. The number of anilines is 1. The van der Waals surface area contributed by atoms with Crippen LogP contribution >= 0.6 is 0 Å². The predicted molar refractivity (Wildman–Crippen MR) is 72.3 cm³/mol. The number of hydrogen-bond acceptors (Lipinski definition) is 5. The van der Waals surface area contributed by atoms with Crippen LogP contribution < -0.4 is 15.2 Å². The number of benzene rings is 1. The van der Waals surface area contributed by atoms with E-state index in [1.165, 1.54) is 0 Å². The molecule has 6 nitrogen and oxygen atoms in total. The van der Waals surface area contributed by atoms with E-state index in [1.54, 1.807) is 27.5 Å². The second-order valence-electron chi connectivity index (χ2n) is 3.96. The summed E-state index contributed by atoms with van der Waals surface area (Å²) < 4.78 is 16.0. The van der Waals surface area contributed by atoms with Crippen LogP contribution in [-0.4, -0.2) is 31.5 Å². The van der Waals surface area contributed by atoms with Gasteiger partial charge in [-0.15, -0.1) is 0 Å². The number of nitrogens with two attached hydrogens (primary N) is 1. The Kier molecular flexibility index (Phi) is 3.91. The van der Waals surface area contributed by atoms with Gasteiger partial charge in [0.1, 0.15) is 17.3 Å². The smallest absolute Gasteiger partial charge is 0.136 e. The van der Waals surface area contributed by atoms with E-state index < -0.39 is 0 Å². The highest BCUT2D eigenvalue weighted by Gasteiger charge is 2.18. The SMILES string of the molecule is COCc1c(OC)ccc(-c2cn[nH]c2N)c1OC. The van der Waals surface area contributed by atoms with Crippen molar-refractivity contribution in [2.75, 3.05) is 27.1 Å². The zero-order chi connectivity index (χ0) is 13.8. The number of rotatable bonds is 5. The largest absolute Gasteiger partial charge is 0.496 e. The van der Waals surface area contributed by atoms with Crippen molar-refractivity contribution in [1.82, 2.24) is 10.2 Å². The van der Waals surface area contributed by atoms with Gasteiger partial charge in [-0.2, -0.15) is 5.10 Å². The van der Waals surface area contributed by atoms with Crippen molar-refractivity contribution < 1.29 is 14.2 Å². The molecular weight excluding hydrogens is 246 g/mol. The van der Waals surface area contributed by atoms with Gasteiger partial charge in [0.2, 0.25) is 0 Å². The molecule has 1 aromatic heterocycles. The van der Waals surface area contributed by atoms with Crippen LogP contribution in [0.3, 0.4) is 0 Å². The Labute approximate surface area is 111 Å². The van der Waals surface area contributed by atoms with Gasteiger partial charge in [0.15, 0.2) is 0 Å². The Hall–Kier alpha value is -2.21. The molecule has 2 aromatic rings. The molecule has 0 saturated carbocycles. The zero-order valence-corrected chi connectivity index (χ0v) is 11.2. The number of methoxy groups -OCH3 is 3. The Morgan fingerprint density at radius 2 is 1.95 bits per heavy atom. The molecule has 1 heterocycles. The average molecular weight is 263 g/mol. The van der Waals surface area contributed by atoms with E-state index in [9.17, 15) is 0 Å². The predicted octanol–water partition coefficient (Wildman–Crippen LogP) is 1.82. The number of ether oxygens (including phenoxy) is 3. The maximum atomic E-state index is 5.85. The first-order valence-electron chi connectivity index (χ1n) is 5.75. The minimum absolute atomic E-state index is 0.387. The molecule has 3 N–H and O–H groups in total. The highest BCUT2D eigenvalue weighted by atomic mass is 16.5. The molecule has 2 rings (SSSR count). The average Bonchev–Trinajstić information content (AvgIpc) is 2.84. The van der Waals surface area contributed by atoms with Crippen molar-refractivity contribution in [2.45, 2.75) is 6.61 Å². The van der Waals surface area contributed by atoms with Gasteiger partial charge in [0.25, 0.3) is 0 Å². The Bertz CT molecular complexity index is 566. The molecule has 0 bridgehead atoms. The van der Waals surface area contributed by atoms with E-state index >= 15 is 0 Å². The molecule has 0 spiro atoms. The van der Waals surface area contributed by atoms with Gasteiger partial charge < -0.3 is 19.9 Å². The van der Waals surface area contributed by atoms with E-state index in [0.717, 1.165) is 16.7 Å². The molecule has 0 aliphatic carbocycles. The van der Waals surface area contributed by atoms with E-state index in [-0.39, 0.29) is 0 Å². The van der Waals surface area contributed by atoms with Crippen LogP contribution in [0.4, 0.5) is 5.82 Å². The summed E-state index contributed by atoms with van der Waals surface area (Å²) in [6, 6.07) is 3.75. The molecule has 19 heavy (non-hydrogen) atoms. The fraction of sp³-hybridized carbons (Fsp3) is 0.308. The van der Waals surface area contributed by atoms with Crippen molar-refractivity contribution in [3.05, 3.63) is 23.9 Å². The van der Waals surface area contributed by atoms with E-state index in [4.69, 9.17) is 19.9 Å². The third kappa shape index (κ3) is 2.34. The topological polar surface area (TPSA) is 82.4 Å². The molecule has 102 valence electrons. The van der Waals surface area contributed by atoms with Crippen LogP contribution in [0.2, 0.25) is 0 Å². The molecule has 0 fully saturated rings. The fourth-order valence-electron chi connectivity index (χ4n) is 2.04. The quantitative estimate of drug-likeness (QED) is 0.859. The molecule has 1 aromatic carbocycles. The van der Waals surface area contributed by atoms with Gasteiger partial charge in [-0.3, -0.25) is 5.10 Å². The molecule has 0 amide bonds. The molecule has 0 unspecified atom stereocenters. The van der Waals surface area contributed by atoms with Crippen LogP contribution in [-0.2, 0) is 11.3 Å². The van der Waals surface area contributed by atoms with E-state index in [1.807, 2.05) is 12.1 Å². The fourth-order valence-corrected chi connectivity index (χ4v) is 2.04. The minimum atomic E-state index is 0.387. The maximum absolute atomic E-state index is 5.85. The number of aromatic nitrogens is 2. The van der Waals surface area contributed by atoms with Gasteiger partial charge in [0.05, 0.1) is 32.6 Å². The van der Waals surface area contributed by atoms with Crippen LogP contribution in [0.5, 0.6) is 11.5 Å². The van der Waals surface area contributed by atoms with Crippen molar-refractivity contribution in [3.63, 3.8) is 0 Å². The molecular formula is C13H17N3O3. The third-order valence-corrected chi connectivity index (χ3v) is 2.89. The summed E-state index contributed by atoms with van der Waals surface area (Å²) in [4.78, 5) is 0. The molecule has 0 radical (unpaired) electrons. The minimum Gasteiger partial charge on any atom is -0.496 e. The molecule has 6 heteroatoms. The lowest BCUT2D eigenvalue weighted by Crippen LogP contribution is -2.00. The molecule has 0 aliphatic heterocycles. The summed E-state index contributed by atoms with van der Waals surface area (Å²) in [6.07, 6.45) is 1.66. The maximum Gasteiger partial charge on any atom is 0.136 e. The highest BCUT2D eigenvalue weighted by Crippen LogP contribution is 2.40. The first-order chi connectivity index (χ1) is 9.22. The molecule has 0 atom stereocenters. The van der Waals surface area contributed by atoms with Gasteiger partial charge in [-0.1, -0.05) is 0 Å². The van der Waals surface area contributed by atoms with Gasteiger partial charge >= 0.3 is 0 Å². The first kappa shape index (κ1) is 13.2. The van der Waals surface area contributed by atoms with Crippen LogP contribution in [0.25, 0.3) is 11.1 Å². The van der Waals surface area contributed by atoms with Crippen molar-refractivity contribution >= 4 is 5.82 Å². The van der Waals surface area contributed by atoms with E-state index in [2.05, 4.69) is 10.2 Å². The van der Waals surface area contributed by atoms with Crippen LogP contribution in [0, 0.1) is 0 Å². The van der Waals surface area contributed by atoms with Crippen LogP contribution in [0.15, 0.2) is 18.3 Å². The van der Waals surface area contributed by atoms with Crippen molar-refractivity contribution in [1.29, 1.82) is 0 Å². The summed E-state index contributed by atoms with van der Waals surface area (Å²) in [6.45, 7) is 0.387.